The topological polar surface area (TPSA) is 56.8 Å². The van der Waals surface area contributed by atoms with Gasteiger partial charge in [0.25, 0.3) is 5.91 Å². The highest BCUT2D eigenvalue weighted by Gasteiger charge is 2.15. The first-order valence-corrected chi connectivity index (χ1v) is 7.36. The number of halogens is 1. The van der Waals surface area contributed by atoms with Gasteiger partial charge in [0, 0.05) is 5.69 Å². The van der Waals surface area contributed by atoms with Crippen LogP contribution in [0.3, 0.4) is 0 Å². The second-order valence-electron chi connectivity index (χ2n) is 4.77. The maximum absolute atomic E-state index is 12.2. The monoisotopic (exact) mass is 335 g/mol. The van der Waals surface area contributed by atoms with Gasteiger partial charge in [-0.3, -0.25) is 4.79 Å². The van der Waals surface area contributed by atoms with Crippen LogP contribution in [0.2, 0.25) is 5.02 Å². The number of methoxy groups -OCH3 is 2. The highest BCUT2D eigenvalue weighted by molar-refractivity contribution is 6.32. The highest BCUT2D eigenvalue weighted by Crippen LogP contribution is 2.27. The summed E-state index contributed by atoms with van der Waals surface area (Å²) in [5.74, 6) is 1.58. The first-order valence-electron chi connectivity index (χ1n) is 6.98. The van der Waals surface area contributed by atoms with Crippen LogP contribution in [0.5, 0.6) is 17.2 Å². The van der Waals surface area contributed by atoms with Crippen LogP contribution in [0, 0.1) is 0 Å². The molecule has 5 nitrogen and oxygen atoms in total. The molecule has 23 heavy (non-hydrogen) atoms. The molecule has 1 amide bonds. The average Bonchev–Trinajstić information content (AvgIpc) is 2.55. The Kier molecular flexibility index (Phi) is 5.71. The van der Waals surface area contributed by atoms with Gasteiger partial charge in [-0.25, -0.2) is 0 Å². The fourth-order valence-electron chi connectivity index (χ4n) is 1.90. The van der Waals surface area contributed by atoms with Crippen LogP contribution in [-0.2, 0) is 4.79 Å². The molecule has 0 saturated carbocycles. The van der Waals surface area contributed by atoms with E-state index >= 15 is 0 Å². The Morgan fingerprint density at radius 2 is 1.70 bits per heavy atom. The predicted molar refractivity (Wildman–Crippen MR) is 89.7 cm³/mol. The third kappa shape index (κ3) is 4.53. The van der Waals surface area contributed by atoms with Crippen molar-refractivity contribution in [3.05, 3.63) is 47.5 Å². The third-order valence-electron chi connectivity index (χ3n) is 3.16. The van der Waals surface area contributed by atoms with Crippen molar-refractivity contribution in [2.24, 2.45) is 0 Å². The SMILES string of the molecule is COc1ccc(O[C@H](C)C(=O)Nc2ccc(OC)c(Cl)c2)cc1. The molecule has 6 heteroatoms. The molecule has 0 aromatic heterocycles. The van der Waals surface area contributed by atoms with E-state index in [1.807, 2.05) is 0 Å². The standard InChI is InChI=1S/C17H18ClNO4/c1-11(23-14-7-5-13(21-2)6-8-14)17(20)19-12-4-9-16(22-3)15(18)10-12/h4-11H,1-3H3,(H,19,20)/t11-/m1/s1. The van der Waals surface area contributed by atoms with Gasteiger partial charge in [0.2, 0.25) is 0 Å². The van der Waals surface area contributed by atoms with Gasteiger partial charge < -0.3 is 19.5 Å². The van der Waals surface area contributed by atoms with Crippen molar-refractivity contribution < 1.29 is 19.0 Å². The molecule has 0 aliphatic rings. The summed E-state index contributed by atoms with van der Waals surface area (Å²) < 4.78 is 15.7. The first kappa shape index (κ1) is 17.0. The zero-order chi connectivity index (χ0) is 16.8. The zero-order valence-corrected chi connectivity index (χ0v) is 13.9. The number of carbonyl (C=O) groups excluding carboxylic acids is 1. The molecular formula is C17H18ClNO4. The Hall–Kier alpha value is -2.40. The van der Waals surface area contributed by atoms with E-state index in [4.69, 9.17) is 25.8 Å². The largest absolute Gasteiger partial charge is 0.497 e. The normalized spacial score (nSPS) is 11.5. The molecule has 0 spiro atoms. The Bertz CT molecular complexity index is 673. The van der Waals surface area contributed by atoms with Crippen LogP contribution in [0.4, 0.5) is 5.69 Å². The van der Waals surface area contributed by atoms with E-state index in [2.05, 4.69) is 5.32 Å². The number of hydrogen-bond donors (Lipinski definition) is 1. The number of carbonyl (C=O) groups is 1. The predicted octanol–water partition coefficient (Wildman–Crippen LogP) is 3.76. The summed E-state index contributed by atoms with van der Waals surface area (Å²) in [5.41, 5.74) is 0.575. The van der Waals surface area contributed by atoms with Gasteiger partial charge in [-0.2, -0.15) is 0 Å². The van der Waals surface area contributed by atoms with Crippen molar-refractivity contribution in [2.45, 2.75) is 13.0 Å². The number of hydrogen-bond acceptors (Lipinski definition) is 4. The second-order valence-corrected chi connectivity index (χ2v) is 5.18. The molecule has 0 fully saturated rings. The molecule has 0 saturated heterocycles. The van der Waals surface area contributed by atoms with Gasteiger partial charge in [-0.05, 0) is 49.4 Å². The maximum Gasteiger partial charge on any atom is 0.265 e. The van der Waals surface area contributed by atoms with Crippen molar-refractivity contribution in [3.63, 3.8) is 0 Å². The number of amides is 1. The van der Waals surface area contributed by atoms with Gasteiger partial charge in [-0.1, -0.05) is 11.6 Å². The van der Waals surface area contributed by atoms with E-state index < -0.39 is 6.10 Å². The Balaban J connectivity index is 1.97. The maximum atomic E-state index is 12.2. The van der Waals surface area contributed by atoms with Crippen molar-refractivity contribution in [3.8, 4) is 17.2 Å². The number of ether oxygens (including phenoxy) is 3. The minimum atomic E-state index is -0.663. The average molecular weight is 336 g/mol. The molecule has 0 unspecified atom stereocenters. The minimum absolute atomic E-state index is 0.276. The van der Waals surface area contributed by atoms with E-state index in [0.29, 0.717) is 22.2 Å². The number of anilines is 1. The fourth-order valence-corrected chi connectivity index (χ4v) is 2.16. The Labute approximate surface area is 140 Å². The summed E-state index contributed by atoms with van der Waals surface area (Å²) in [6.07, 6.45) is -0.663. The number of rotatable bonds is 6. The van der Waals surface area contributed by atoms with Crippen molar-refractivity contribution >= 4 is 23.2 Å². The summed E-state index contributed by atoms with van der Waals surface area (Å²) in [6, 6.07) is 12.0. The molecule has 2 aromatic rings. The van der Waals surface area contributed by atoms with Crippen LogP contribution in [0.1, 0.15) is 6.92 Å². The van der Waals surface area contributed by atoms with E-state index in [0.717, 1.165) is 5.75 Å². The Morgan fingerprint density at radius 3 is 2.26 bits per heavy atom. The van der Waals surface area contributed by atoms with Gasteiger partial charge in [0.1, 0.15) is 17.2 Å². The third-order valence-corrected chi connectivity index (χ3v) is 3.46. The number of benzene rings is 2. The second kappa shape index (κ2) is 7.74. The molecule has 1 N–H and O–H groups in total. The van der Waals surface area contributed by atoms with Crippen LogP contribution in [0.15, 0.2) is 42.5 Å². The van der Waals surface area contributed by atoms with Gasteiger partial charge in [0.15, 0.2) is 6.10 Å². The van der Waals surface area contributed by atoms with Gasteiger partial charge in [0.05, 0.1) is 19.2 Å². The van der Waals surface area contributed by atoms with Gasteiger partial charge in [-0.15, -0.1) is 0 Å². The molecule has 0 aliphatic heterocycles. The fraction of sp³-hybridized carbons (Fsp3) is 0.235. The summed E-state index contributed by atoms with van der Waals surface area (Å²) in [7, 11) is 3.12. The van der Waals surface area contributed by atoms with Crippen LogP contribution >= 0.6 is 11.6 Å². The highest BCUT2D eigenvalue weighted by atomic mass is 35.5. The van der Waals surface area contributed by atoms with E-state index in [1.165, 1.54) is 7.11 Å². The van der Waals surface area contributed by atoms with Crippen LogP contribution in [0.25, 0.3) is 0 Å². The first-order chi connectivity index (χ1) is 11.0. The van der Waals surface area contributed by atoms with Crippen LogP contribution in [-0.4, -0.2) is 26.2 Å². The van der Waals surface area contributed by atoms with Crippen molar-refractivity contribution in [1.82, 2.24) is 0 Å². The summed E-state index contributed by atoms with van der Waals surface area (Å²) in [4.78, 5) is 12.2. The molecule has 122 valence electrons. The lowest BCUT2D eigenvalue weighted by Gasteiger charge is -2.15. The molecule has 0 heterocycles. The number of nitrogens with one attached hydrogen (secondary N) is 1. The molecule has 0 aliphatic carbocycles. The smallest absolute Gasteiger partial charge is 0.265 e. The molecular weight excluding hydrogens is 318 g/mol. The molecule has 2 aromatic carbocycles. The lowest BCUT2D eigenvalue weighted by molar-refractivity contribution is -0.122. The van der Waals surface area contributed by atoms with Crippen molar-refractivity contribution in [1.29, 1.82) is 0 Å². The van der Waals surface area contributed by atoms with E-state index in [9.17, 15) is 4.79 Å². The minimum Gasteiger partial charge on any atom is -0.497 e. The lowest BCUT2D eigenvalue weighted by atomic mass is 10.2. The zero-order valence-electron chi connectivity index (χ0n) is 13.1. The van der Waals surface area contributed by atoms with Crippen molar-refractivity contribution in [2.75, 3.05) is 19.5 Å². The molecule has 2 rings (SSSR count). The molecule has 0 bridgehead atoms. The lowest BCUT2D eigenvalue weighted by Crippen LogP contribution is -2.30. The van der Waals surface area contributed by atoms with Crippen LogP contribution < -0.4 is 19.5 Å². The Morgan fingerprint density at radius 1 is 1.04 bits per heavy atom. The van der Waals surface area contributed by atoms with E-state index in [-0.39, 0.29) is 5.91 Å². The van der Waals surface area contributed by atoms with Gasteiger partial charge >= 0.3 is 0 Å². The summed E-state index contributed by atoms with van der Waals surface area (Å²) in [5, 5.41) is 3.17. The molecule has 0 radical (unpaired) electrons. The summed E-state index contributed by atoms with van der Waals surface area (Å²) in [6.45, 7) is 1.67. The van der Waals surface area contributed by atoms with E-state index in [1.54, 1.807) is 56.5 Å². The molecule has 1 atom stereocenters. The quantitative estimate of drug-likeness (QED) is 0.873. The summed E-state index contributed by atoms with van der Waals surface area (Å²) >= 11 is 6.03.